The van der Waals surface area contributed by atoms with E-state index in [-0.39, 0.29) is 24.9 Å². The van der Waals surface area contributed by atoms with Gasteiger partial charge in [0.2, 0.25) is 5.91 Å². The molecule has 0 saturated heterocycles. The number of aliphatic hydroxyl groups excluding tert-OH is 2. The van der Waals surface area contributed by atoms with Gasteiger partial charge in [0.05, 0.1) is 25.2 Å². The molecule has 3 unspecified atom stereocenters. The summed E-state index contributed by atoms with van der Waals surface area (Å²) in [5.74, 6) is -0.567. The molecule has 1 amide bonds. The number of carbonyl (C=O) groups excluding carboxylic acids is 2. The van der Waals surface area contributed by atoms with E-state index in [9.17, 15) is 19.8 Å². The van der Waals surface area contributed by atoms with Crippen LogP contribution in [0.3, 0.4) is 0 Å². The fourth-order valence-electron chi connectivity index (χ4n) is 6.40. The molecule has 3 N–H and O–H groups in total. The molecule has 0 aliphatic heterocycles. The van der Waals surface area contributed by atoms with Crippen LogP contribution in [0.4, 0.5) is 0 Å². The number of unbranched alkanes of at least 4 members (excludes halogenated alkanes) is 16. The summed E-state index contributed by atoms with van der Waals surface area (Å²) in [6, 6.07) is -0.727. The third kappa shape index (κ3) is 37.9. The van der Waals surface area contributed by atoms with Gasteiger partial charge >= 0.3 is 5.97 Å². The highest BCUT2D eigenvalue weighted by Gasteiger charge is 2.24. The average Bonchev–Trinajstić information content (AvgIpc) is 3.19. The number of nitrogens with one attached hydrogen (secondary N) is 1. The normalized spacial score (nSPS) is 14.2. The number of hydrogen-bond acceptors (Lipinski definition) is 5. The number of allylic oxidation sites excluding steroid dienone is 14. The van der Waals surface area contributed by atoms with Crippen molar-refractivity contribution in [1.82, 2.24) is 5.32 Å². The average molecular weight is 780 g/mol. The molecule has 0 aliphatic rings. The summed E-state index contributed by atoms with van der Waals surface area (Å²) in [5, 5.41) is 23.6. The molecule has 0 bridgehead atoms. The Bertz CT molecular complexity index is 1100. The standard InChI is InChI=1S/C50H85NO5/c1-4-7-10-13-16-19-22-23-24-25-26-28-31-34-37-40-43-50(55)56-46(41-38-35-32-29-27-20-17-14-11-8-5-2)44-49(54)51-47(45-52)48(53)42-39-36-33-30-21-18-15-12-9-6-3/h7-8,10-11,14,16-17,19-20,23-24,27,29,32,46-48,52-53H,4-6,9,12-13,15,18,21-22,25-26,28,30-31,33-45H2,1-3H3,(H,51,54)/b10-7+,11-8+,17-14+,19-16+,24-23+,27-20-,32-29-. The minimum Gasteiger partial charge on any atom is -0.462 e. The Morgan fingerprint density at radius 2 is 1.07 bits per heavy atom. The van der Waals surface area contributed by atoms with Crippen molar-refractivity contribution >= 4 is 11.9 Å². The van der Waals surface area contributed by atoms with E-state index in [0.717, 1.165) is 83.5 Å². The largest absolute Gasteiger partial charge is 0.462 e. The highest BCUT2D eigenvalue weighted by atomic mass is 16.5. The molecule has 0 aromatic carbocycles. The van der Waals surface area contributed by atoms with Gasteiger partial charge in [-0.3, -0.25) is 9.59 Å². The first kappa shape index (κ1) is 53.0. The van der Waals surface area contributed by atoms with Crippen molar-refractivity contribution < 1.29 is 24.5 Å². The van der Waals surface area contributed by atoms with E-state index >= 15 is 0 Å². The summed E-state index contributed by atoms with van der Waals surface area (Å²) in [5.41, 5.74) is 0. The second kappa shape index (κ2) is 43.2. The molecule has 0 spiro atoms. The van der Waals surface area contributed by atoms with Crippen molar-refractivity contribution in [3.05, 3.63) is 85.1 Å². The number of amides is 1. The smallest absolute Gasteiger partial charge is 0.306 e. The quantitative estimate of drug-likeness (QED) is 0.0250. The van der Waals surface area contributed by atoms with E-state index in [1.54, 1.807) is 0 Å². The van der Waals surface area contributed by atoms with Gasteiger partial charge in [0.15, 0.2) is 0 Å². The van der Waals surface area contributed by atoms with Gasteiger partial charge < -0.3 is 20.3 Å². The summed E-state index contributed by atoms with van der Waals surface area (Å²) in [6.45, 7) is 6.17. The molecule has 56 heavy (non-hydrogen) atoms. The van der Waals surface area contributed by atoms with Gasteiger partial charge in [0.1, 0.15) is 6.10 Å². The van der Waals surface area contributed by atoms with Gasteiger partial charge in [0, 0.05) is 6.42 Å². The van der Waals surface area contributed by atoms with Gasteiger partial charge in [-0.05, 0) is 70.6 Å². The maximum atomic E-state index is 13.1. The molecule has 3 atom stereocenters. The summed E-state index contributed by atoms with van der Waals surface area (Å²) >= 11 is 0. The molecule has 0 heterocycles. The summed E-state index contributed by atoms with van der Waals surface area (Å²) in [6.07, 6.45) is 55.1. The topological polar surface area (TPSA) is 95.9 Å². The molecule has 320 valence electrons. The predicted molar refractivity (Wildman–Crippen MR) is 241 cm³/mol. The third-order valence-electron chi connectivity index (χ3n) is 9.81. The van der Waals surface area contributed by atoms with E-state index in [1.807, 2.05) is 36.5 Å². The van der Waals surface area contributed by atoms with Crippen LogP contribution >= 0.6 is 0 Å². The van der Waals surface area contributed by atoms with Crippen molar-refractivity contribution in [3.63, 3.8) is 0 Å². The van der Waals surface area contributed by atoms with E-state index in [2.05, 4.69) is 74.7 Å². The Balaban J connectivity index is 4.68. The molecular weight excluding hydrogens is 695 g/mol. The van der Waals surface area contributed by atoms with Crippen molar-refractivity contribution in [2.75, 3.05) is 6.61 Å². The number of esters is 1. The van der Waals surface area contributed by atoms with Crippen LogP contribution in [0.25, 0.3) is 0 Å². The van der Waals surface area contributed by atoms with Crippen LogP contribution in [0.2, 0.25) is 0 Å². The summed E-state index contributed by atoms with van der Waals surface area (Å²) in [7, 11) is 0. The molecular formula is C50H85NO5. The van der Waals surface area contributed by atoms with Crippen molar-refractivity contribution in [1.29, 1.82) is 0 Å². The lowest BCUT2D eigenvalue weighted by atomic mass is 10.0. The predicted octanol–water partition coefficient (Wildman–Crippen LogP) is 13.2. The van der Waals surface area contributed by atoms with Crippen LogP contribution in [0, 0.1) is 0 Å². The maximum absolute atomic E-state index is 13.1. The van der Waals surface area contributed by atoms with Crippen LogP contribution in [0.5, 0.6) is 0 Å². The Hall–Kier alpha value is -2.96. The molecule has 6 heteroatoms. The van der Waals surface area contributed by atoms with Gasteiger partial charge in [-0.1, -0.05) is 196 Å². The van der Waals surface area contributed by atoms with E-state index < -0.39 is 18.2 Å². The Morgan fingerprint density at radius 1 is 0.554 bits per heavy atom. The van der Waals surface area contributed by atoms with Gasteiger partial charge in [-0.15, -0.1) is 0 Å². The van der Waals surface area contributed by atoms with Gasteiger partial charge in [-0.25, -0.2) is 0 Å². The number of carbonyl (C=O) groups is 2. The lowest BCUT2D eigenvalue weighted by molar-refractivity contribution is -0.151. The fourth-order valence-corrected chi connectivity index (χ4v) is 6.40. The van der Waals surface area contributed by atoms with Gasteiger partial charge in [0.25, 0.3) is 0 Å². The molecule has 0 saturated carbocycles. The number of hydrogen-bond donors (Lipinski definition) is 3. The first-order valence-corrected chi connectivity index (χ1v) is 22.9. The van der Waals surface area contributed by atoms with Crippen molar-refractivity contribution in [3.8, 4) is 0 Å². The molecule has 0 aromatic heterocycles. The lowest BCUT2D eigenvalue weighted by Gasteiger charge is -2.24. The van der Waals surface area contributed by atoms with Crippen LogP contribution < -0.4 is 5.32 Å². The Morgan fingerprint density at radius 3 is 1.70 bits per heavy atom. The maximum Gasteiger partial charge on any atom is 0.306 e. The highest BCUT2D eigenvalue weighted by molar-refractivity contribution is 5.77. The SMILES string of the molecule is CC/C=C/C=C/C=C\C=C/CCCC(CC(=O)NC(CO)C(O)CCCCCCCCCCCC)OC(=O)CCCCCCCC/C=C/C/C=C/C/C=C/CC. The molecule has 6 nitrogen and oxygen atoms in total. The molecule has 0 aliphatic carbocycles. The van der Waals surface area contributed by atoms with Crippen molar-refractivity contribution in [2.45, 2.75) is 212 Å². The second-order valence-corrected chi connectivity index (χ2v) is 15.1. The van der Waals surface area contributed by atoms with Crippen LogP contribution in [0.15, 0.2) is 85.1 Å². The van der Waals surface area contributed by atoms with Crippen LogP contribution in [0.1, 0.15) is 194 Å². The molecule has 0 rings (SSSR count). The molecule has 0 radical (unpaired) electrons. The van der Waals surface area contributed by atoms with E-state index in [4.69, 9.17) is 4.74 Å². The number of rotatable bonds is 39. The fraction of sp³-hybridized carbons (Fsp3) is 0.680. The zero-order valence-electron chi connectivity index (χ0n) is 36.2. The second-order valence-electron chi connectivity index (χ2n) is 15.1. The minimum atomic E-state index is -0.809. The van der Waals surface area contributed by atoms with Crippen LogP contribution in [-0.4, -0.2) is 46.9 Å². The first-order valence-electron chi connectivity index (χ1n) is 22.9. The van der Waals surface area contributed by atoms with Crippen LogP contribution in [-0.2, 0) is 14.3 Å². The number of aliphatic hydroxyl groups is 2. The molecule has 0 aromatic rings. The first-order chi connectivity index (χ1) is 27.5. The Kier molecular flexibility index (Phi) is 40.9. The summed E-state index contributed by atoms with van der Waals surface area (Å²) in [4.78, 5) is 26.0. The summed E-state index contributed by atoms with van der Waals surface area (Å²) < 4.78 is 5.86. The molecule has 0 fully saturated rings. The minimum absolute atomic E-state index is 0.0218. The third-order valence-corrected chi connectivity index (χ3v) is 9.81. The Labute approximate surface area is 344 Å². The van der Waals surface area contributed by atoms with E-state index in [0.29, 0.717) is 19.3 Å². The van der Waals surface area contributed by atoms with Crippen molar-refractivity contribution in [2.24, 2.45) is 0 Å². The van der Waals surface area contributed by atoms with E-state index in [1.165, 1.54) is 64.2 Å². The van der Waals surface area contributed by atoms with Gasteiger partial charge in [-0.2, -0.15) is 0 Å². The monoisotopic (exact) mass is 780 g/mol. The zero-order chi connectivity index (χ0) is 41.0. The highest BCUT2D eigenvalue weighted by Crippen LogP contribution is 2.16. The zero-order valence-corrected chi connectivity index (χ0v) is 36.2. The lowest BCUT2D eigenvalue weighted by Crippen LogP contribution is -2.46. The number of ether oxygens (including phenoxy) is 1.